The molecule has 18 heavy (non-hydrogen) atoms. The van der Waals surface area contributed by atoms with E-state index in [0.717, 1.165) is 12.1 Å². The van der Waals surface area contributed by atoms with E-state index >= 15 is 0 Å². The van der Waals surface area contributed by atoms with E-state index in [0.29, 0.717) is 5.82 Å². The van der Waals surface area contributed by atoms with Gasteiger partial charge in [0.15, 0.2) is 5.82 Å². The molecule has 1 aromatic carbocycles. The highest BCUT2D eigenvalue weighted by Gasteiger charge is 2.14. The Kier molecular flexibility index (Phi) is 3.76. The van der Waals surface area contributed by atoms with Crippen LogP contribution < -0.4 is 5.32 Å². The zero-order valence-electron chi connectivity index (χ0n) is 9.63. The summed E-state index contributed by atoms with van der Waals surface area (Å²) in [6.07, 6.45) is 0.798. The van der Waals surface area contributed by atoms with Crippen molar-refractivity contribution in [3.63, 3.8) is 0 Å². The quantitative estimate of drug-likeness (QED) is 0.915. The third kappa shape index (κ3) is 2.59. The summed E-state index contributed by atoms with van der Waals surface area (Å²) >= 11 is 3.05. The van der Waals surface area contributed by atoms with Gasteiger partial charge in [-0.05, 0) is 34.5 Å². The molecule has 0 radical (unpaired) electrons. The van der Waals surface area contributed by atoms with E-state index in [1.807, 2.05) is 6.92 Å². The monoisotopic (exact) mass is 311 g/mol. The summed E-state index contributed by atoms with van der Waals surface area (Å²) in [4.78, 5) is 11.9. The molecular formula is C12H11BrFN3O. The van der Waals surface area contributed by atoms with Gasteiger partial charge < -0.3 is 5.32 Å². The molecule has 0 atom stereocenters. The van der Waals surface area contributed by atoms with Crippen molar-refractivity contribution in [2.45, 2.75) is 13.3 Å². The van der Waals surface area contributed by atoms with E-state index in [4.69, 9.17) is 0 Å². The van der Waals surface area contributed by atoms with Gasteiger partial charge in [-0.2, -0.15) is 5.10 Å². The largest absolute Gasteiger partial charge is 0.305 e. The number of carbonyl (C=O) groups is 1. The second-order valence-electron chi connectivity index (χ2n) is 3.69. The van der Waals surface area contributed by atoms with Crippen LogP contribution in [0.3, 0.4) is 0 Å². The van der Waals surface area contributed by atoms with Gasteiger partial charge in [-0.15, -0.1) is 0 Å². The fraction of sp³-hybridized carbons (Fsp3) is 0.167. The van der Waals surface area contributed by atoms with Gasteiger partial charge in [0.25, 0.3) is 5.91 Å². The van der Waals surface area contributed by atoms with Gasteiger partial charge in [0.1, 0.15) is 5.82 Å². The molecule has 94 valence electrons. The van der Waals surface area contributed by atoms with Crippen molar-refractivity contribution in [3.8, 4) is 0 Å². The summed E-state index contributed by atoms with van der Waals surface area (Å²) < 4.78 is 13.4. The van der Waals surface area contributed by atoms with Crippen LogP contribution in [0.5, 0.6) is 0 Å². The lowest BCUT2D eigenvalue weighted by molar-refractivity contribution is 0.102. The van der Waals surface area contributed by atoms with Gasteiger partial charge in [-0.25, -0.2) is 4.39 Å². The first-order valence-electron chi connectivity index (χ1n) is 5.41. The number of hydrogen-bond acceptors (Lipinski definition) is 2. The molecule has 0 saturated carbocycles. The van der Waals surface area contributed by atoms with Crippen molar-refractivity contribution < 1.29 is 9.18 Å². The Bertz CT molecular complexity index is 582. The molecule has 0 aliphatic carbocycles. The van der Waals surface area contributed by atoms with E-state index in [-0.39, 0.29) is 10.0 Å². The fourth-order valence-corrected chi connectivity index (χ4v) is 1.91. The lowest BCUT2D eigenvalue weighted by Gasteiger charge is -2.04. The Balaban J connectivity index is 2.19. The number of nitrogens with one attached hydrogen (secondary N) is 2. The Hall–Kier alpha value is -1.69. The Morgan fingerprint density at radius 3 is 3.00 bits per heavy atom. The minimum Gasteiger partial charge on any atom is -0.305 e. The SMILES string of the molecule is CCc1cc(NC(=O)c2cccc(F)c2Br)n[nH]1. The van der Waals surface area contributed by atoms with E-state index in [1.165, 1.54) is 18.2 Å². The highest BCUT2D eigenvalue weighted by atomic mass is 79.9. The molecular weight excluding hydrogens is 301 g/mol. The number of halogens is 2. The molecule has 1 aromatic heterocycles. The Morgan fingerprint density at radius 1 is 1.56 bits per heavy atom. The van der Waals surface area contributed by atoms with Crippen molar-refractivity contribution in [2.24, 2.45) is 0 Å². The van der Waals surface area contributed by atoms with Gasteiger partial charge >= 0.3 is 0 Å². The fourth-order valence-electron chi connectivity index (χ4n) is 1.47. The number of benzene rings is 1. The predicted octanol–water partition coefficient (Wildman–Crippen LogP) is 3.13. The molecule has 2 rings (SSSR count). The standard InChI is InChI=1S/C12H11BrFN3O/c1-2-7-6-10(17-16-7)15-12(18)8-4-3-5-9(14)11(8)13/h3-6H,2H2,1H3,(H2,15,16,17,18). The summed E-state index contributed by atoms with van der Waals surface area (Å²) in [5, 5.41) is 9.33. The van der Waals surface area contributed by atoms with Crippen molar-refractivity contribution in [1.29, 1.82) is 0 Å². The minimum atomic E-state index is -0.473. The van der Waals surface area contributed by atoms with Crippen molar-refractivity contribution in [2.75, 3.05) is 5.32 Å². The summed E-state index contributed by atoms with van der Waals surface area (Å²) in [5.74, 6) is -0.456. The molecule has 2 aromatic rings. The molecule has 0 bridgehead atoms. The first-order chi connectivity index (χ1) is 8.61. The number of aromatic nitrogens is 2. The van der Waals surface area contributed by atoms with E-state index < -0.39 is 11.7 Å². The first-order valence-corrected chi connectivity index (χ1v) is 6.20. The van der Waals surface area contributed by atoms with Gasteiger partial charge in [0.05, 0.1) is 10.0 Å². The van der Waals surface area contributed by atoms with Crippen molar-refractivity contribution >= 4 is 27.7 Å². The van der Waals surface area contributed by atoms with Crippen LogP contribution in [0, 0.1) is 5.82 Å². The normalized spacial score (nSPS) is 10.4. The number of anilines is 1. The Labute approximate surface area is 112 Å². The maximum atomic E-state index is 13.3. The molecule has 0 aliphatic heterocycles. The zero-order chi connectivity index (χ0) is 13.1. The predicted molar refractivity (Wildman–Crippen MR) is 70.0 cm³/mol. The molecule has 0 aliphatic rings. The molecule has 6 heteroatoms. The second-order valence-corrected chi connectivity index (χ2v) is 4.48. The van der Waals surface area contributed by atoms with Crippen LogP contribution >= 0.6 is 15.9 Å². The highest BCUT2D eigenvalue weighted by Crippen LogP contribution is 2.21. The maximum Gasteiger partial charge on any atom is 0.258 e. The molecule has 1 amide bonds. The minimum absolute atomic E-state index is 0.147. The van der Waals surface area contributed by atoms with Crippen LogP contribution in [0.25, 0.3) is 0 Å². The average molecular weight is 312 g/mol. The zero-order valence-corrected chi connectivity index (χ0v) is 11.2. The molecule has 2 N–H and O–H groups in total. The summed E-state index contributed by atoms with van der Waals surface area (Å²) in [6.45, 7) is 1.97. The van der Waals surface area contributed by atoms with Crippen molar-refractivity contribution in [1.82, 2.24) is 10.2 Å². The van der Waals surface area contributed by atoms with E-state index in [9.17, 15) is 9.18 Å². The van der Waals surface area contributed by atoms with Gasteiger partial charge in [-0.3, -0.25) is 9.89 Å². The molecule has 4 nitrogen and oxygen atoms in total. The van der Waals surface area contributed by atoms with E-state index in [1.54, 1.807) is 6.07 Å². The van der Waals surface area contributed by atoms with Crippen LogP contribution in [0.1, 0.15) is 23.0 Å². The molecule has 1 heterocycles. The molecule has 0 fully saturated rings. The average Bonchev–Trinajstić information content (AvgIpc) is 2.80. The van der Waals surface area contributed by atoms with Gasteiger partial charge in [-0.1, -0.05) is 13.0 Å². The highest BCUT2D eigenvalue weighted by molar-refractivity contribution is 9.10. The number of nitrogens with zero attached hydrogens (tertiary/aromatic N) is 1. The summed E-state index contributed by atoms with van der Waals surface area (Å²) in [6, 6.07) is 6.04. The van der Waals surface area contributed by atoms with E-state index in [2.05, 4.69) is 31.4 Å². The number of carbonyl (C=O) groups excluding carboxylic acids is 1. The lowest BCUT2D eigenvalue weighted by Crippen LogP contribution is -2.13. The van der Waals surface area contributed by atoms with Crippen LogP contribution in [-0.2, 0) is 6.42 Å². The topological polar surface area (TPSA) is 57.8 Å². The van der Waals surface area contributed by atoms with Crippen LogP contribution in [0.2, 0.25) is 0 Å². The van der Waals surface area contributed by atoms with Gasteiger partial charge in [0.2, 0.25) is 0 Å². The number of aromatic amines is 1. The van der Waals surface area contributed by atoms with Crippen LogP contribution in [0.15, 0.2) is 28.7 Å². The Morgan fingerprint density at radius 2 is 2.33 bits per heavy atom. The summed E-state index contributed by atoms with van der Waals surface area (Å²) in [5.41, 5.74) is 1.15. The number of aryl methyl sites for hydroxylation is 1. The molecule has 0 unspecified atom stereocenters. The third-order valence-electron chi connectivity index (χ3n) is 2.45. The lowest BCUT2D eigenvalue weighted by atomic mass is 10.2. The first kappa shape index (κ1) is 12.8. The number of rotatable bonds is 3. The second kappa shape index (κ2) is 5.30. The van der Waals surface area contributed by atoms with Crippen molar-refractivity contribution in [3.05, 3.63) is 45.8 Å². The van der Waals surface area contributed by atoms with Crippen LogP contribution in [0.4, 0.5) is 10.2 Å². The van der Waals surface area contributed by atoms with Crippen LogP contribution in [-0.4, -0.2) is 16.1 Å². The number of H-pyrrole nitrogens is 1. The van der Waals surface area contributed by atoms with Gasteiger partial charge in [0, 0.05) is 11.8 Å². The summed E-state index contributed by atoms with van der Waals surface area (Å²) in [7, 11) is 0. The smallest absolute Gasteiger partial charge is 0.258 e. The molecule has 0 spiro atoms. The maximum absolute atomic E-state index is 13.3. The third-order valence-corrected chi connectivity index (χ3v) is 3.26. The number of amides is 1. The molecule has 0 saturated heterocycles. The number of hydrogen-bond donors (Lipinski definition) is 2.